The molecule has 0 aliphatic carbocycles. The van der Waals surface area contributed by atoms with E-state index in [-0.39, 0.29) is 0 Å². The number of rotatable bonds is 4. The minimum atomic E-state index is 0.587. The Morgan fingerprint density at radius 3 is 1.78 bits per heavy atom. The Bertz CT molecular complexity index is 74.2. The third-order valence-electron chi connectivity index (χ3n) is 0.749. The predicted molar refractivity (Wildman–Crippen MR) is 62.5 cm³/mol. The van der Waals surface area contributed by atoms with Crippen LogP contribution in [0.1, 0.15) is 0 Å². The molecule has 9 heavy (non-hydrogen) atoms. The number of hydrogen-bond acceptors (Lipinski definition) is 3. The van der Waals surface area contributed by atoms with Gasteiger partial charge in [-0.1, -0.05) is 7.28 Å². The molecule has 0 rings (SSSR count). The fraction of sp³-hybridized carbons (Fsp3) is 1.00. The summed E-state index contributed by atoms with van der Waals surface area (Å²) in [7, 11) is 2.02. The second kappa shape index (κ2) is 5.65. The molecule has 0 aromatic heterocycles. The zero-order chi connectivity index (χ0) is 7.33. The van der Waals surface area contributed by atoms with Gasteiger partial charge >= 0.3 is 0 Å². The maximum Gasteiger partial charge on any atom is 0.177 e. The summed E-state index contributed by atoms with van der Waals surface area (Å²) in [5.74, 6) is 0. The van der Waals surface area contributed by atoms with Gasteiger partial charge in [0.15, 0.2) is 6.67 Å². The van der Waals surface area contributed by atoms with Crippen LogP contribution in [0.5, 0.6) is 0 Å². The first-order chi connectivity index (χ1) is 4.18. The number of halogens is 3. The largest absolute Gasteiger partial charge is 0.209 e. The molecule has 0 fully saturated rings. The fourth-order valence-electron chi connectivity index (χ4n) is 0.195. The highest BCUT2D eigenvalue weighted by Crippen LogP contribution is 1.95. The van der Waals surface area contributed by atoms with Gasteiger partial charge in [-0.25, -0.2) is 3.53 Å². The van der Waals surface area contributed by atoms with Crippen molar-refractivity contribution in [2.24, 2.45) is 0 Å². The van der Waals surface area contributed by atoms with Gasteiger partial charge in [-0.3, -0.25) is 0 Å². The lowest BCUT2D eigenvalue weighted by molar-refractivity contribution is -0.957. The topological polar surface area (TPSA) is 36.1 Å². The predicted octanol–water partition coefficient (Wildman–Crippen LogP) is 1.04. The molecule has 7 heteroatoms. The van der Waals surface area contributed by atoms with E-state index in [1.54, 1.807) is 0 Å². The summed E-state index contributed by atoms with van der Waals surface area (Å²) in [5, 5.41) is 0. The Labute approximate surface area is 96.5 Å². The van der Waals surface area contributed by atoms with Crippen LogP contribution in [0, 0.1) is 0 Å². The number of nitrogens with one attached hydrogen (secondary N) is 3. The minimum Gasteiger partial charge on any atom is -0.209 e. The minimum absolute atomic E-state index is 0.587. The molecule has 0 spiro atoms. The van der Waals surface area contributed by atoms with Crippen molar-refractivity contribution in [2.45, 2.75) is 0 Å². The Hall–Kier alpha value is 2.03. The van der Waals surface area contributed by atoms with Gasteiger partial charge in [-0.15, -0.1) is 4.70 Å². The van der Waals surface area contributed by atoms with Gasteiger partial charge in [-0.05, 0) is 0 Å². The Kier molecular flexibility index (Phi) is 6.93. The lowest BCUT2D eigenvalue weighted by Gasteiger charge is -2.26. The smallest absolute Gasteiger partial charge is 0.177 e. The lowest BCUT2D eigenvalue weighted by atomic mass is 11.0. The standard InChI is InChI=1S/C2H8I3N4/c1-9(7-4,8-5)2-6-3/h6-8H,2H2,1H3/q+1. The van der Waals surface area contributed by atoms with Crippen LogP contribution in [-0.2, 0) is 0 Å². The van der Waals surface area contributed by atoms with Crippen LogP contribution in [0.3, 0.4) is 0 Å². The van der Waals surface area contributed by atoms with Crippen molar-refractivity contribution >= 4 is 68.6 Å². The molecule has 0 saturated heterocycles. The van der Waals surface area contributed by atoms with E-state index in [2.05, 4.69) is 79.4 Å². The zero-order valence-corrected chi connectivity index (χ0v) is 11.3. The zero-order valence-electron chi connectivity index (χ0n) is 4.79. The highest BCUT2D eigenvalue weighted by atomic mass is 127. The molecule has 4 nitrogen and oxygen atoms in total. The average Bonchev–Trinajstić information content (AvgIpc) is 1.89. The second-order valence-corrected chi connectivity index (χ2v) is 3.38. The van der Waals surface area contributed by atoms with Gasteiger partial charge in [0.05, 0.1) is 45.7 Å². The lowest BCUT2D eigenvalue weighted by Crippen LogP contribution is -2.59. The van der Waals surface area contributed by atoms with E-state index in [1.165, 1.54) is 0 Å². The maximum atomic E-state index is 3.05. The maximum absolute atomic E-state index is 3.05. The molecular formula is C2H8I3N4+. The van der Waals surface area contributed by atoms with Crippen LogP contribution in [-0.4, -0.2) is 18.4 Å². The Balaban J connectivity index is 3.62. The number of quaternary nitrogens is 1. The Morgan fingerprint density at radius 1 is 1.22 bits per heavy atom. The van der Waals surface area contributed by atoms with Crippen LogP contribution in [0.15, 0.2) is 0 Å². The van der Waals surface area contributed by atoms with E-state index >= 15 is 0 Å². The molecule has 0 aromatic carbocycles. The molecule has 0 aromatic rings. The third kappa shape index (κ3) is 4.47. The van der Waals surface area contributed by atoms with Gasteiger partial charge in [0.2, 0.25) is 0 Å². The summed E-state index contributed by atoms with van der Waals surface area (Å²) >= 11 is 6.31. The summed E-state index contributed by atoms with van der Waals surface area (Å²) in [4.78, 5) is 0. The summed E-state index contributed by atoms with van der Waals surface area (Å²) < 4.78 is 9.71. The monoisotopic (exact) mass is 469 g/mol. The third-order valence-corrected chi connectivity index (χ3v) is 3.22. The molecule has 3 N–H and O–H groups in total. The van der Waals surface area contributed by atoms with Crippen molar-refractivity contribution < 1.29 is 4.70 Å². The van der Waals surface area contributed by atoms with Crippen molar-refractivity contribution in [3.8, 4) is 0 Å². The van der Waals surface area contributed by atoms with Crippen molar-refractivity contribution in [1.82, 2.24) is 10.8 Å². The van der Waals surface area contributed by atoms with E-state index in [0.29, 0.717) is 4.70 Å². The molecule has 0 unspecified atom stereocenters. The van der Waals surface area contributed by atoms with E-state index in [4.69, 9.17) is 0 Å². The van der Waals surface area contributed by atoms with E-state index < -0.39 is 0 Å². The van der Waals surface area contributed by atoms with Crippen LogP contribution in [0.25, 0.3) is 0 Å². The average molecular weight is 469 g/mol. The highest BCUT2D eigenvalue weighted by Gasteiger charge is 2.17. The van der Waals surface area contributed by atoms with Gasteiger partial charge in [0.1, 0.15) is 7.05 Å². The van der Waals surface area contributed by atoms with Gasteiger partial charge < -0.3 is 0 Å². The molecule has 0 heterocycles. The Morgan fingerprint density at radius 2 is 1.67 bits per heavy atom. The molecule has 0 radical (unpaired) electrons. The normalized spacial score (nSPS) is 12.0. The quantitative estimate of drug-likeness (QED) is 0.190. The summed E-state index contributed by atoms with van der Waals surface area (Å²) in [6.07, 6.45) is 0. The van der Waals surface area contributed by atoms with E-state index in [1.807, 2.05) is 7.05 Å². The first-order valence-corrected chi connectivity index (χ1v) is 5.37. The van der Waals surface area contributed by atoms with E-state index in [0.717, 1.165) is 6.67 Å². The first kappa shape index (κ1) is 11.0. The summed E-state index contributed by atoms with van der Waals surface area (Å²) in [6.45, 7) is 0.826. The van der Waals surface area contributed by atoms with Gasteiger partial charge in [0.25, 0.3) is 0 Å². The molecule has 0 atom stereocenters. The fourth-order valence-corrected chi connectivity index (χ4v) is 1.92. The molecule has 0 aliphatic rings. The SMILES string of the molecule is C[N+](CNI)(NI)NI. The van der Waals surface area contributed by atoms with Crippen LogP contribution < -0.4 is 10.8 Å². The molecule has 0 aliphatic heterocycles. The van der Waals surface area contributed by atoms with Crippen LogP contribution in [0.2, 0.25) is 0 Å². The van der Waals surface area contributed by atoms with Crippen molar-refractivity contribution in [2.75, 3.05) is 13.7 Å². The molecule has 0 amide bonds. The molecule has 56 valence electrons. The van der Waals surface area contributed by atoms with Crippen molar-refractivity contribution in [3.63, 3.8) is 0 Å². The van der Waals surface area contributed by atoms with Crippen LogP contribution >= 0.6 is 68.6 Å². The molecule has 0 bridgehead atoms. The highest BCUT2D eigenvalue weighted by molar-refractivity contribution is 14.1. The molecular weight excluding hydrogens is 461 g/mol. The summed E-state index contributed by atoms with van der Waals surface area (Å²) in [6, 6.07) is 0. The van der Waals surface area contributed by atoms with Gasteiger partial charge in [0, 0.05) is 22.9 Å². The molecule has 0 saturated carbocycles. The van der Waals surface area contributed by atoms with Gasteiger partial charge in [-0.2, -0.15) is 0 Å². The second-order valence-electron chi connectivity index (χ2n) is 1.65. The number of nitrogens with zero attached hydrogens (tertiary/aromatic N) is 1. The number of hydrogen-bond donors (Lipinski definition) is 3. The van der Waals surface area contributed by atoms with E-state index in [9.17, 15) is 0 Å². The van der Waals surface area contributed by atoms with Crippen molar-refractivity contribution in [3.05, 3.63) is 0 Å². The first-order valence-electron chi connectivity index (χ1n) is 2.13. The summed E-state index contributed by atoms with van der Waals surface area (Å²) in [5.41, 5.74) is 0. The van der Waals surface area contributed by atoms with Crippen molar-refractivity contribution in [1.29, 1.82) is 0 Å². The van der Waals surface area contributed by atoms with Crippen LogP contribution in [0.4, 0.5) is 0 Å².